The maximum atomic E-state index is 12.8. The lowest BCUT2D eigenvalue weighted by atomic mass is 10.1. The summed E-state index contributed by atoms with van der Waals surface area (Å²) in [5.41, 5.74) is 3.05. The molecule has 0 unspecified atom stereocenters. The van der Waals surface area contributed by atoms with Crippen molar-refractivity contribution in [3.8, 4) is 10.6 Å². The number of hydrogen-bond acceptors (Lipinski definition) is 6. The highest BCUT2D eigenvalue weighted by Gasteiger charge is 2.30. The van der Waals surface area contributed by atoms with E-state index in [0.29, 0.717) is 33.3 Å². The van der Waals surface area contributed by atoms with Crippen molar-refractivity contribution in [1.82, 2.24) is 9.97 Å². The van der Waals surface area contributed by atoms with E-state index < -0.39 is 17.7 Å². The second-order valence-electron chi connectivity index (χ2n) is 7.45. The molecule has 0 aliphatic rings. The van der Waals surface area contributed by atoms with Gasteiger partial charge in [0.25, 0.3) is 0 Å². The van der Waals surface area contributed by atoms with Crippen molar-refractivity contribution in [3.05, 3.63) is 64.0 Å². The van der Waals surface area contributed by atoms with Crippen molar-refractivity contribution in [3.63, 3.8) is 0 Å². The summed E-state index contributed by atoms with van der Waals surface area (Å²) in [7, 11) is 0. The van der Waals surface area contributed by atoms with Gasteiger partial charge in [0.2, 0.25) is 0 Å². The predicted octanol–water partition coefficient (Wildman–Crippen LogP) is 6.90. The standard InChI is InChI=1S/C23H19F3N2O3S2/c1-12-3-8-16(20-21(12)31-18(28-20)9-10-19(29)30)32-11-17-13(2)27-22(33-17)14-4-6-15(7-5-14)23(24,25)26/h3-8H,9-11H2,1-2H3,(H,29,30). The molecule has 1 N–H and O–H groups in total. The summed E-state index contributed by atoms with van der Waals surface area (Å²) in [4.78, 5) is 21.8. The average molecular weight is 493 g/mol. The zero-order chi connectivity index (χ0) is 23.8. The number of aryl methyl sites for hydroxylation is 3. The van der Waals surface area contributed by atoms with Gasteiger partial charge in [-0.1, -0.05) is 18.2 Å². The largest absolute Gasteiger partial charge is 0.481 e. The molecule has 0 aliphatic carbocycles. The van der Waals surface area contributed by atoms with Crippen LogP contribution in [0, 0.1) is 13.8 Å². The maximum Gasteiger partial charge on any atom is 0.416 e. The van der Waals surface area contributed by atoms with E-state index in [0.717, 1.165) is 33.2 Å². The first-order valence-electron chi connectivity index (χ1n) is 9.99. The summed E-state index contributed by atoms with van der Waals surface area (Å²) in [6, 6.07) is 8.90. The highest BCUT2D eigenvalue weighted by molar-refractivity contribution is 7.98. The Balaban J connectivity index is 1.53. The smallest absolute Gasteiger partial charge is 0.416 e. The molecule has 2 heterocycles. The van der Waals surface area contributed by atoms with Gasteiger partial charge in [0.1, 0.15) is 10.5 Å². The second kappa shape index (κ2) is 9.18. The fourth-order valence-electron chi connectivity index (χ4n) is 3.22. The first kappa shape index (κ1) is 23.3. The van der Waals surface area contributed by atoms with E-state index in [2.05, 4.69) is 9.97 Å². The van der Waals surface area contributed by atoms with E-state index in [1.54, 1.807) is 11.8 Å². The van der Waals surface area contributed by atoms with Crippen molar-refractivity contribution >= 4 is 40.2 Å². The number of halogens is 3. The molecule has 2 aromatic heterocycles. The number of carboxylic acids is 1. The number of carbonyl (C=O) groups is 1. The van der Waals surface area contributed by atoms with Crippen molar-refractivity contribution in [2.75, 3.05) is 0 Å². The zero-order valence-electron chi connectivity index (χ0n) is 17.7. The summed E-state index contributed by atoms with van der Waals surface area (Å²) in [6.45, 7) is 3.79. The van der Waals surface area contributed by atoms with Gasteiger partial charge in [-0.25, -0.2) is 9.97 Å². The zero-order valence-corrected chi connectivity index (χ0v) is 19.3. The molecular formula is C23H19F3N2O3S2. The monoisotopic (exact) mass is 492 g/mol. The second-order valence-corrected chi connectivity index (χ2v) is 9.55. The molecule has 10 heteroatoms. The third-order valence-corrected chi connectivity index (χ3v) is 7.47. The summed E-state index contributed by atoms with van der Waals surface area (Å²) in [6.07, 6.45) is -4.20. The van der Waals surface area contributed by atoms with Crippen LogP contribution in [0.15, 0.2) is 45.7 Å². The van der Waals surface area contributed by atoms with E-state index >= 15 is 0 Å². The quantitative estimate of drug-likeness (QED) is 0.283. The lowest BCUT2D eigenvalue weighted by Gasteiger charge is -2.06. The lowest BCUT2D eigenvalue weighted by Crippen LogP contribution is -2.03. The minimum Gasteiger partial charge on any atom is -0.481 e. The first-order chi connectivity index (χ1) is 15.6. The normalized spacial score (nSPS) is 11.9. The van der Waals surface area contributed by atoms with Crippen LogP contribution in [0.3, 0.4) is 0 Å². The van der Waals surface area contributed by atoms with Crippen molar-refractivity contribution < 1.29 is 27.5 Å². The molecule has 0 amide bonds. The van der Waals surface area contributed by atoms with Gasteiger partial charge in [-0.15, -0.1) is 23.1 Å². The number of hydrogen-bond donors (Lipinski definition) is 1. The molecule has 0 fully saturated rings. The number of carboxylic acid groups (broad SMARTS) is 1. The number of oxazole rings is 1. The van der Waals surface area contributed by atoms with Crippen LogP contribution < -0.4 is 0 Å². The number of fused-ring (bicyclic) bond motifs is 1. The SMILES string of the molecule is Cc1nc(-c2ccc(C(F)(F)F)cc2)sc1CSc1ccc(C)c2oc(CCC(=O)O)nc12. The Bertz CT molecular complexity index is 1310. The summed E-state index contributed by atoms with van der Waals surface area (Å²) in [5.74, 6) is 0.0924. The minimum absolute atomic E-state index is 0.0544. The van der Waals surface area contributed by atoms with Gasteiger partial charge in [0.05, 0.1) is 17.7 Å². The minimum atomic E-state index is -4.37. The van der Waals surface area contributed by atoms with Crippen LogP contribution in [0.1, 0.15) is 34.0 Å². The number of aromatic nitrogens is 2. The van der Waals surface area contributed by atoms with Crippen molar-refractivity contribution in [2.24, 2.45) is 0 Å². The van der Waals surface area contributed by atoms with E-state index in [9.17, 15) is 18.0 Å². The van der Waals surface area contributed by atoms with Gasteiger partial charge in [-0.2, -0.15) is 13.2 Å². The number of aliphatic carboxylic acids is 1. The van der Waals surface area contributed by atoms with Gasteiger partial charge in [0, 0.05) is 27.5 Å². The van der Waals surface area contributed by atoms with Gasteiger partial charge in [0.15, 0.2) is 11.5 Å². The van der Waals surface area contributed by atoms with Crippen LogP contribution in [0.25, 0.3) is 21.7 Å². The maximum absolute atomic E-state index is 12.8. The molecule has 0 bridgehead atoms. The summed E-state index contributed by atoms with van der Waals surface area (Å²) in [5, 5.41) is 9.57. The Labute approximate surface area is 195 Å². The number of thioether (sulfide) groups is 1. The van der Waals surface area contributed by atoms with E-state index in [1.807, 2.05) is 26.0 Å². The van der Waals surface area contributed by atoms with E-state index in [-0.39, 0.29) is 12.8 Å². The van der Waals surface area contributed by atoms with E-state index in [4.69, 9.17) is 9.52 Å². The predicted molar refractivity (Wildman–Crippen MR) is 122 cm³/mol. The molecule has 0 radical (unpaired) electrons. The number of nitrogens with zero attached hydrogens (tertiary/aromatic N) is 2. The van der Waals surface area contributed by atoms with Crippen molar-refractivity contribution in [2.45, 2.75) is 43.5 Å². The molecule has 4 rings (SSSR count). The highest BCUT2D eigenvalue weighted by atomic mass is 32.2. The molecule has 0 atom stereocenters. The Morgan fingerprint density at radius 2 is 1.85 bits per heavy atom. The number of rotatable bonds is 7. The summed E-state index contributed by atoms with van der Waals surface area (Å²) >= 11 is 3.01. The molecule has 4 aromatic rings. The molecule has 0 saturated carbocycles. The summed E-state index contributed by atoms with van der Waals surface area (Å²) < 4.78 is 44.2. The average Bonchev–Trinajstić information content (AvgIpc) is 3.36. The fourth-order valence-corrected chi connectivity index (χ4v) is 5.43. The first-order valence-corrected chi connectivity index (χ1v) is 11.8. The Morgan fingerprint density at radius 1 is 1.12 bits per heavy atom. The number of benzene rings is 2. The molecule has 172 valence electrons. The molecule has 0 spiro atoms. The van der Waals surface area contributed by atoms with Crippen LogP contribution in [0.5, 0.6) is 0 Å². The van der Waals surface area contributed by atoms with Gasteiger partial charge in [-0.05, 0) is 37.6 Å². The molecule has 0 aliphatic heterocycles. The van der Waals surface area contributed by atoms with Crippen LogP contribution in [0.4, 0.5) is 13.2 Å². The van der Waals surface area contributed by atoms with Crippen LogP contribution in [0.2, 0.25) is 0 Å². The third kappa shape index (κ3) is 5.22. The fraction of sp³-hybridized carbons (Fsp3) is 0.261. The Hall–Kier alpha value is -2.85. The third-order valence-electron chi connectivity index (χ3n) is 5.01. The molecule has 0 saturated heterocycles. The van der Waals surface area contributed by atoms with E-state index in [1.165, 1.54) is 23.5 Å². The molecule has 5 nitrogen and oxygen atoms in total. The van der Waals surface area contributed by atoms with Gasteiger partial charge in [-0.3, -0.25) is 4.79 Å². The lowest BCUT2D eigenvalue weighted by molar-refractivity contribution is -0.138. The molecule has 2 aromatic carbocycles. The van der Waals surface area contributed by atoms with Gasteiger partial charge < -0.3 is 9.52 Å². The van der Waals surface area contributed by atoms with Crippen molar-refractivity contribution in [1.29, 1.82) is 0 Å². The Morgan fingerprint density at radius 3 is 2.52 bits per heavy atom. The molecular weight excluding hydrogens is 473 g/mol. The highest BCUT2D eigenvalue weighted by Crippen LogP contribution is 2.37. The van der Waals surface area contributed by atoms with Gasteiger partial charge >= 0.3 is 12.1 Å². The van der Waals surface area contributed by atoms with Crippen LogP contribution >= 0.6 is 23.1 Å². The topological polar surface area (TPSA) is 76.2 Å². The number of alkyl halides is 3. The van der Waals surface area contributed by atoms with Crippen LogP contribution in [-0.4, -0.2) is 21.0 Å². The molecule has 33 heavy (non-hydrogen) atoms. The Kier molecular flexibility index (Phi) is 6.49. The number of thiazole rings is 1. The van der Waals surface area contributed by atoms with Crippen LogP contribution in [-0.2, 0) is 23.1 Å².